The van der Waals surface area contributed by atoms with E-state index in [1.165, 1.54) is 4.90 Å². The molecule has 1 amide bonds. The number of hydrogen-bond acceptors (Lipinski definition) is 5. The van der Waals surface area contributed by atoms with Gasteiger partial charge in [-0.1, -0.05) is 0 Å². The van der Waals surface area contributed by atoms with Crippen LogP contribution in [0.4, 0.5) is 4.79 Å². The van der Waals surface area contributed by atoms with Crippen LogP contribution in [0.5, 0.6) is 11.5 Å². The molecule has 0 bridgehead atoms. The predicted molar refractivity (Wildman–Crippen MR) is 87.4 cm³/mol. The molecule has 0 radical (unpaired) electrons. The molecule has 0 heterocycles. The monoisotopic (exact) mass is 323 g/mol. The number of nitrogens with zero attached hydrogens (tertiary/aromatic N) is 1. The predicted octanol–water partition coefficient (Wildman–Crippen LogP) is 3.14. The zero-order chi connectivity index (χ0) is 17.5. The Kier molecular flexibility index (Phi) is 6.88. The summed E-state index contributed by atoms with van der Waals surface area (Å²) in [5.74, 6) is 1.07. The average molecular weight is 323 g/mol. The van der Waals surface area contributed by atoms with E-state index in [2.05, 4.69) is 0 Å². The van der Waals surface area contributed by atoms with Gasteiger partial charge in [-0.2, -0.15) is 0 Å². The molecule has 128 valence electrons. The van der Waals surface area contributed by atoms with Crippen LogP contribution in [0.25, 0.3) is 0 Å². The summed E-state index contributed by atoms with van der Waals surface area (Å²) in [5, 5.41) is 0. The molecule has 0 saturated carbocycles. The molecule has 23 heavy (non-hydrogen) atoms. The van der Waals surface area contributed by atoms with Crippen molar-refractivity contribution in [2.45, 2.75) is 33.3 Å². The van der Waals surface area contributed by atoms with E-state index >= 15 is 0 Å². The molecule has 1 rings (SSSR count). The number of carbonyl (C=O) groups excluding carboxylic acids is 2. The van der Waals surface area contributed by atoms with Crippen LogP contribution >= 0.6 is 0 Å². The van der Waals surface area contributed by atoms with Crippen molar-refractivity contribution in [2.24, 2.45) is 0 Å². The van der Waals surface area contributed by atoms with E-state index in [9.17, 15) is 9.59 Å². The number of amides is 1. The van der Waals surface area contributed by atoms with Gasteiger partial charge >= 0.3 is 6.09 Å². The van der Waals surface area contributed by atoms with Crippen molar-refractivity contribution in [3.8, 4) is 11.5 Å². The van der Waals surface area contributed by atoms with Gasteiger partial charge in [-0.3, -0.25) is 4.79 Å². The highest BCUT2D eigenvalue weighted by Gasteiger charge is 2.19. The fourth-order valence-corrected chi connectivity index (χ4v) is 1.71. The number of likely N-dealkylation sites (N-methyl/N-ethyl adjacent to an activating group) is 1. The summed E-state index contributed by atoms with van der Waals surface area (Å²) in [6.45, 7) is 8.46. The van der Waals surface area contributed by atoms with Crippen molar-refractivity contribution >= 4 is 12.4 Å². The molecule has 0 N–H and O–H groups in total. The average Bonchev–Trinajstić information content (AvgIpc) is 2.46. The van der Waals surface area contributed by atoms with Crippen molar-refractivity contribution in [3.05, 3.63) is 23.8 Å². The summed E-state index contributed by atoms with van der Waals surface area (Å²) in [6, 6.07) is 5.01. The van der Waals surface area contributed by atoms with Crippen LogP contribution in [0.3, 0.4) is 0 Å². The maximum atomic E-state index is 11.8. The van der Waals surface area contributed by atoms with Crippen LogP contribution in [0.15, 0.2) is 18.2 Å². The smallest absolute Gasteiger partial charge is 0.410 e. The molecule has 0 aliphatic heterocycles. The first-order valence-electron chi connectivity index (χ1n) is 7.55. The Morgan fingerprint density at radius 2 is 1.96 bits per heavy atom. The zero-order valence-corrected chi connectivity index (χ0v) is 14.4. The molecule has 6 nitrogen and oxygen atoms in total. The number of hydrogen-bond donors (Lipinski definition) is 0. The van der Waals surface area contributed by atoms with Gasteiger partial charge in [-0.05, 0) is 39.8 Å². The Morgan fingerprint density at radius 1 is 1.26 bits per heavy atom. The highest BCUT2D eigenvalue weighted by molar-refractivity contribution is 5.79. The van der Waals surface area contributed by atoms with Crippen LogP contribution in [0.2, 0.25) is 0 Å². The first kappa shape index (κ1) is 18.8. The number of ether oxygens (including phenoxy) is 3. The topological polar surface area (TPSA) is 65.1 Å². The summed E-state index contributed by atoms with van der Waals surface area (Å²) >= 11 is 0. The van der Waals surface area contributed by atoms with Gasteiger partial charge in [0.2, 0.25) is 0 Å². The van der Waals surface area contributed by atoms with Crippen LogP contribution in [0, 0.1) is 0 Å². The maximum absolute atomic E-state index is 11.8. The SMILES string of the molecule is CCOc1cc(OCCN(C)C(=O)OC(C)(C)C)ccc1C=O. The minimum Gasteiger partial charge on any atom is -0.493 e. The molecular formula is C17H25NO5. The lowest BCUT2D eigenvalue weighted by Crippen LogP contribution is -2.36. The third-order valence-corrected chi connectivity index (χ3v) is 2.81. The summed E-state index contributed by atoms with van der Waals surface area (Å²) in [6.07, 6.45) is 0.345. The Hall–Kier alpha value is -2.24. The number of aldehydes is 1. The molecule has 6 heteroatoms. The van der Waals surface area contributed by atoms with Crippen LogP contribution < -0.4 is 9.47 Å². The normalized spacial score (nSPS) is 10.8. The molecule has 0 saturated heterocycles. The van der Waals surface area contributed by atoms with Crippen molar-refractivity contribution in [2.75, 3.05) is 26.8 Å². The second kappa shape index (κ2) is 8.41. The quantitative estimate of drug-likeness (QED) is 0.721. The first-order chi connectivity index (χ1) is 10.8. The molecule has 0 spiro atoms. The fraction of sp³-hybridized carbons (Fsp3) is 0.529. The van der Waals surface area contributed by atoms with Gasteiger partial charge in [0.1, 0.15) is 23.7 Å². The van der Waals surface area contributed by atoms with Gasteiger partial charge in [-0.15, -0.1) is 0 Å². The van der Waals surface area contributed by atoms with Crippen molar-refractivity contribution < 1.29 is 23.8 Å². The summed E-state index contributed by atoms with van der Waals surface area (Å²) in [5.41, 5.74) is -0.0476. The van der Waals surface area contributed by atoms with E-state index in [4.69, 9.17) is 14.2 Å². The first-order valence-corrected chi connectivity index (χ1v) is 7.55. The van der Waals surface area contributed by atoms with Gasteiger partial charge in [0.25, 0.3) is 0 Å². The minimum absolute atomic E-state index is 0.307. The third kappa shape index (κ3) is 6.59. The molecule has 0 fully saturated rings. The number of carbonyl (C=O) groups is 2. The van der Waals surface area contributed by atoms with Crippen molar-refractivity contribution in [1.29, 1.82) is 0 Å². The lowest BCUT2D eigenvalue weighted by molar-refractivity contribution is 0.0278. The molecule has 0 aliphatic rings. The number of benzene rings is 1. The second-order valence-electron chi connectivity index (χ2n) is 6.00. The van der Waals surface area contributed by atoms with E-state index in [-0.39, 0.29) is 0 Å². The van der Waals surface area contributed by atoms with E-state index in [1.54, 1.807) is 25.2 Å². The second-order valence-corrected chi connectivity index (χ2v) is 6.00. The van der Waals surface area contributed by atoms with E-state index in [0.29, 0.717) is 36.8 Å². The Bertz CT molecular complexity index is 536. The standard InChI is InChI=1S/C17H25NO5/c1-6-21-15-11-14(8-7-13(15)12-19)22-10-9-18(5)16(20)23-17(2,3)4/h7-8,11-12H,6,9-10H2,1-5H3. The molecule has 1 aromatic carbocycles. The van der Waals surface area contributed by atoms with Crippen LogP contribution in [-0.4, -0.2) is 49.7 Å². The zero-order valence-electron chi connectivity index (χ0n) is 14.4. The van der Waals surface area contributed by atoms with Gasteiger partial charge < -0.3 is 19.1 Å². The largest absolute Gasteiger partial charge is 0.493 e. The fourth-order valence-electron chi connectivity index (χ4n) is 1.71. The summed E-state index contributed by atoms with van der Waals surface area (Å²) in [7, 11) is 1.65. The Morgan fingerprint density at radius 3 is 2.52 bits per heavy atom. The molecule has 0 aromatic heterocycles. The molecule has 0 aliphatic carbocycles. The lowest BCUT2D eigenvalue weighted by Gasteiger charge is -2.24. The molecular weight excluding hydrogens is 298 g/mol. The van der Waals surface area contributed by atoms with Crippen molar-refractivity contribution in [3.63, 3.8) is 0 Å². The highest BCUT2D eigenvalue weighted by atomic mass is 16.6. The maximum Gasteiger partial charge on any atom is 0.410 e. The molecule has 0 unspecified atom stereocenters. The van der Waals surface area contributed by atoms with E-state index in [0.717, 1.165) is 6.29 Å². The summed E-state index contributed by atoms with van der Waals surface area (Å²) in [4.78, 5) is 24.2. The number of rotatable bonds is 7. The highest BCUT2D eigenvalue weighted by Crippen LogP contribution is 2.23. The van der Waals surface area contributed by atoms with Gasteiger partial charge in [0.05, 0.1) is 18.7 Å². The lowest BCUT2D eigenvalue weighted by atomic mass is 10.2. The minimum atomic E-state index is -0.525. The Labute approximate surface area is 137 Å². The molecule has 1 aromatic rings. The Balaban J connectivity index is 2.53. The third-order valence-electron chi connectivity index (χ3n) is 2.81. The van der Waals surface area contributed by atoms with E-state index < -0.39 is 11.7 Å². The van der Waals surface area contributed by atoms with E-state index in [1.807, 2.05) is 27.7 Å². The van der Waals surface area contributed by atoms with Crippen molar-refractivity contribution in [1.82, 2.24) is 4.90 Å². The molecule has 0 atom stereocenters. The summed E-state index contributed by atoms with van der Waals surface area (Å²) < 4.78 is 16.2. The van der Waals surface area contributed by atoms with Gasteiger partial charge in [-0.25, -0.2) is 4.79 Å². The van der Waals surface area contributed by atoms with Crippen LogP contribution in [-0.2, 0) is 4.74 Å². The van der Waals surface area contributed by atoms with Crippen LogP contribution in [0.1, 0.15) is 38.1 Å². The van der Waals surface area contributed by atoms with Gasteiger partial charge in [0, 0.05) is 13.1 Å². The van der Waals surface area contributed by atoms with Gasteiger partial charge in [0.15, 0.2) is 6.29 Å².